The van der Waals surface area contributed by atoms with E-state index in [1.54, 1.807) is 0 Å². The van der Waals surface area contributed by atoms with Gasteiger partial charge in [0.25, 0.3) is 0 Å². The minimum atomic E-state index is -0.797. The zero-order chi connectivity index (χ0) is 10.1. The molecule has 1 aliphatic rings. The topological polar surface area (TPSA) is 29.5 Å². The molecule has 13 heavy (non-hydrogen) atoms. The Morgan fingerprint density at radius 3 is 2.38 bits per heavy atom. The second kappa shape index (κ2) is 3.33. The molecule has 1 N–H and O–H groups in total. The lowest BCUT2D eigenvalue weighted by Crippen LogP contribution is -2.32. The molecule has 0 aromatic carbocycles. The van der Waals surface area contributed by atoms with Gasteiger partial charge in [-0.15, -0.1) is 0 Å². The summed E-state index contributed by atoms with van der Waals surface area (Å²) in [5.74, 6) is 0.752. The fraction of sp³-hybridized carbons (Fsp3) is 0.818. The van der Waals surface area contributed by atoms with Crippen molar-refractivity contribution in [3.05, 3.63) is 11.8 Å². The van der Waals surface area contributed by atoms with Crippen molar-refractivity contribution in [2.75, 3.05) is 6.61 Å². The predicted octanol–water partition coefficient (Wildman–Crippen LogP) is 2.48. The Kier molecular flexibility index (Phi) is 2.71. The molecule has 0 saturated heterocycles. The quantitative estimate of drug-likeness (QED) is 0.714. The highest BCUT2D eigenvalue weighted by Crippen LogP contribution is 2.34. The van der Waals surface area contributed by atoms with Gasteiger partial charge < -0.3 is 9.84 Å². The summed E-state index contributed by atoms with van der Waals surface area (Å²) in [6, 6.07) is 0. The molecule has 0 saturated carbocycles. The van der Waals surface area contributed by atoms with Crippen molar-refractivity contribution in [3.63, 3.8) is 0 Å². The molecule has 0 spiro atoms. The van der Waals surface area contributed by atoms with Crippen LogP contribution < -0.4 is 0 Å². The van der Waals surface area contributed by atoms with Crippen molar-refractivity contribution < 1.29 is 9.84 Å². The SMILES string of the molecule is CC(C)(C)CC(C)(O)C1=CCCO1. The fourth-order valence-electron chi connectivity index (χ4n) is 1.91. The second-order valence-corrected chi connectivity index (χ2v) is 5.22. The van der Waals surface area contributed by atoms with Crippen LogP contribution in [-0.4, -0.2) is 17.3 Å². The molecule has 1 unspecified atom stereocenters. The van der Waals surface area contributed by atoms with E-state index in [1.807, 2.05) is 13.0 Å². The Morgan fingerprint density at radius 2 is 2.00 bits per heavy atom. The molecule has 1 heterocycles. The molecule has 0 aromatic rings. The first kappa shape index (κ1) is 10.6. The third-order valence-corrected chi connectivity index (χ3v) is 2.11. The van der Waals surface area contributed by atoms with Gasteiger partial charge in [-0.05, 0) is 24.8 Å². The van der Waals surface area contributed by atoms with Crippen LogP contribution in [0.25, 0.3) is 0 Å². The highest BCUT2D eigenvalue weighted by atomic mass is 16.5. The van der Waals surface area contributed by atoms with E-state index in [-0.39, 0.29) is 5.41 Å². The Bertz CT molecular complexity index is 209. The molecule has 0 amide bonds. The maximum absolute atomic E-state index is 10.2. The zero-order valence-corrected chi connectivity index (χ0v) is 9.05. The minimum absolute atomic E-state index is 0.121. The molecule has 0 bridgehead atoms. The van der Waals surface area contributed by atoms with Crippen molar-refractivity contribution in [1.82, 2.24) is 0 Å². The number of hydrogen-bond donors (Lipinski definition) is 1. The van der Waals surface area contributed by atoms with Crippen LogP contribution in [0.4, 0.5) is 0 Å². The Hall–Kier alpha value is -0.500. The van der Waals surface area contributed by atoms with Gasteiger partial charge in [0.05, 0.1) is 6.61 Å². The maximum atomic E-state index is 10.2. The van der Waals surface area contributed by atoms with Crippen molar-refractivity contribution in [3.8, 4) is 0 Å². The summed E-state index contributed by atoms with van der Waals surface area (Å²) in [6.45, 7) is 8.91. The fourth-order valence-corrected chi connectivity index (χ4v) is 1.91. The van der Waals surface area contributed by atoms with Gasteiger partial charge in [0.15, 0.2) is 0 Å². The molecule has 0 radical (unpaired) electrons. The average Bonchev–Trinajstić information content (AvgIpc) is 2.29. The molecule has 1 atom stereocenters. The van der Waals surface area contributed by atoms with E-state index in [4.69, 9.17) is 4.74 Å². The van der Waals surface area contributed by atoms with Crippen LogP contribution in [0, 0.1) is 5.41 Å². The van der Waals surface area contributed by atoms with Gasteiger partial charge in [-0.25, -0.2) is 0 Å². The van der Waals surface area contributed by atoms with Gasteiger partial charge in [0.1, 0.15) is 11.4 Å². The molecule has 1 aliphatic heterocycles. The molecular weight excluding hydrogens is 164 g/mol. The van der Waals surface area contributed by atoms with Crippen molar-refractivity contribution in [1.29, 1.82) is 0 Å². The summed E-state index contributed by atoms with van der Waals surface area (Å²) in [7, 11) is 0. The standard InChI is InChI=1S/C11H20O2/c1-10(2,3)8-11(4,12)9-6-5-7-13-9/h6,12H,5,7-8H2,1-4H3. The average molecular weight is 184 g/mol. The van der Waals surface area contributed by atoms with Crippen molar-refractivity contribution in [2.45, 2.75) is 46.1 Å². The summed E-state index contributed by atoms with van der Waals surface area (Å²) >= 11 is 0. The van der Waals surface area contributed by atoms with Crippen LogP contribution in [0.1, 0.15) is 40.5 Å². The first-order valence-electron chi connectivity index (χ1n) is 4.87. The molecule has 0 fully saturated rings. The zero-order valence-electron chi connectivity index (χ0n) is 9.05. The monoisotopic (exact) mass is 184 g/mol. The van der Waals surface area contributed by atoms with Gasteiger partial charge in [-0.1, -0.05) is 20.8 Å². The lowest BCUT2D eigenvalue weighted by Gasteiger charge is -2.31. The molecule has 2 nitrogen and oxygen atoms in total. The summed E-state index contributed by atoms with van der Waals surface area (Å²) < 4.78 is 5.37. The summed E-state index contributed by atoms with van der Waals surface area (Å²) in [5.41, 5.74) is -0.676. The number of ether oxygens (including phenoxy) is 1. The van der Waals surface area contributed by atoms with E-state index in [9.17, 15) is 5.11 Å². The van der Waals surface area contributed by atoms with Crippen LogP contribution in [0.5, 0.6) is 0 Å². The van der Waals surface area contributed by atoms with Gasteiger partial charge in [-0.3, -0.25) is 0 Å². The first-order valence-corrected chi connectivity index (χ1v) is 4.87. The van der Waals surface area contributed by atoms with Crippen LogP contribution >= 0.6 is 0 Å². The lowest BCUT2D eigenvalue weighted by atomic mass is 9.82. The van der Waals surface area contributed by atoms with E-state index in [1.165, 1.54) is 0 Å². The van der Waals surface area contributed by atoms with Gasteiger partial charge in [0.2, 0.25) is 0 Å². The highest BCUT2D eigenvalue weighted by molar-refractivity contribution is 5.12. The van der Waals surface area contributed by atoms with Gasteiger partial charge in [0, 0.05) is 6.42 Å². The number of rotatable bonds is 2. The van der Waals surface area contributed by atoms with E-state index in [0.29, 0.717) is 0 Å². The molecule has 76 valence electrons. The van der Waals surface area contributed by atoms with Crippen LogP contribution in [0.15, 0.2) is 11.8 Å². The van der Waals surface area contributed by atoms with Crippen molar-refractivity contribution >= 4 is 0 Å². The third kappa shape index (κ3) is 3.03. The summed E-state index contributed by atoms with van der Waals surface area (Å²) in [6.07, 6.45) is 3.65. The highest BCUT2D eigenvalue weighted by Gasteiger charge is 2.33. The minimum Gasteiger partial charge on any atom is -0.495 e. The smallest absolute Gasteiger partial charge is 0.123 e. The maximum Gasteiger partial charge on any atom is 0.123 e. The van der Waals surface area contributed by atoms with Gasteiger partial charge >= 0.3 is 0 Å². The predicted molar refractivity (Wildman–Crippen MR) is 53.3 cm³/mol. The van der Waals surface area contributed by atoms with E-state index < -0.39 is 5.60 Å². The molecule has 1 rings (SSSR count). The summed E-state index contributed by atoms with van der Waals surface area (Å²) in [4.78, 5) is 0. The number of hydrogen-bond acceptors (Lipinski definition) is 2. The van der Waals surface area contributed by atoms with Gasteiger partial charge in [-0.2, -0.15) is 0 Å². The van der Waals surface area contributed by atoms with E-state index in [0.717, 1.165) is 25.2 Å². The molecular formula is C11H20O2. The van der Waals surface area contributed by atoms with E-state index in [2.05, 4.69) is 20.8 Å². The molecule has 0 aliphatic carbocycles. The van der Waals surface area contributed by atoms with Crippen LogP contribution in [-0.2, 0) is 4.74 Å². The Labute approximate surface area is 80.6 Å². The normalized spacial score (nSPS) is 22.1. The molecule has 2 heteroatoms. The Morgan fingerprint density at radius 1 is 1.38 bits per heavy atom. The molecule has 0 aromatic heterocycles. The third-order valence-electron chi connectivity index (χ3n) is 2.11. The van der Waals surface area contributed by atoms with Crippen LogP contribution in [0.3, 0.4) is 0 Å². The van der Waals surface area contributed by atoms with Crippen molar-refractivity contribution in [2.24, 2.45) is 5.41 Å². The lowest BCUT2D eigenvalue weighted by molar-refractivity contribution is 0.00326. The Balaban J connectivity index is 2.65. The first-order chi connectivity index (χ1) is 5.81. The largest absolute Gasteiger partial charge is 0.495 e. The summed E-state index contributed by atoms with van der Waals surface area (Å²) in [5, 5.41) is 10.2. The second-order valence-electron chi connectivity index (χ2n) is 5.22. The van der Waals surface area contributed by atoms with E-state index >= 15 is 0 Å². The van der Waals surface area contributed by atoms with Crippen LogP contribution in [0.2, 0.25) is 0 Å². The number of aliphatic hydroxyl groups is 1.